The van der Waals surface area contributed by atoms with Crippen molar-refractivity contribution in [1.82, 2.24) is 9.47 Å². The van der Waals surface area contributed by atoms with Crippen molar-refractivity contribution in [2.75, 3.05) is 6.54 Å². The fraction of sp³-hybridized carbons (Fsp3) is 0.304. The molecule has 8 heteroatoms. The highest BCUT2D eigenvalue weighted by Gasteiger charge is 2.33. The van der Waals surface area contributed by atoms with E-state index in [1.165, 1.54) is 18.2 Å². The Hall–Kier alpha value is -2.74. The molecule has 0 saturated carbocycles. The molecule has 1 aliphatic heterocycles. The van der Waals surface area contributed by atoms with Crippen LogP contribution in [-0.2, 0) is 25.4 Å². The van der Waals surface area contributed by atoms with Crippen LogP contribution in [0.25, 0.3) is 0 Å². The molecule has 0 amide bonds. The minimum atomic E-state index is -4.43. The summed E-state index contributed by atoms with van der Waals surface area (Å²) >= 11 is 0. The van der Waals surface area contributed by atoms with Crippen LogP contribution in [0.5, 0.6) is 0 Å². The third-order valence-electron chi connectivity index (χ3n) is 5.55. The average molecular weight is 438 g/mol. The molecule has 31 heavy (non-hydrogen) atoms. The Morgan fingerprint density at radius 3 is 2.16 bits per heavy atom. The van der Waals surface area contributed by atoms with E-state index in [4.69, 9.17) is 0 Å². The SMILES string of the molecule is FC(F)(F)c1ccc([C@H]2c3cccn3CCCN2Cc2cccc(C(F)(F)F)c2)cc1. The lowest BCUT2D eigenvalue weighted by atomic mass is 9.99. The molecule has 0 N–H and O–H groups in total. The van der Waals surface area contributed by atoms with Crippen molar-refractivity contribution in [3.8, 4) is 0 Å². The molecule has 4 rings (SSSR count). The van der Waals surface area contributed by atoms with Gasteiger partial charge in [0.2, 0.25) is 0 Å². The van der Waals surface area contributed by atoms with Crippen molar-refractivity contribution in [1.29, 1.82) is 0 Å². The molecule has 3 aromatic rings. The summed E-state index contributed by atoms with van der Waals surface area (Å²) in [5, 5.41) is 0. The van der Waals surface area contributed by atoms with Gasteiger partial charge in [0.05, 0.1) is 17.2 Å². The van der Waals surface area contributed by atoms with Crippen molar-refractivity contribution in [3.05, 3.63) is 94.8 Å². The van der Waals surface area contributed by atoms with Crippen LogP contribution in [0.15, 0.2) is 66.9 Å². The largest absolute Gasteiger partial charge is 0.416 e. The first-order valence-electron chi connectivity index (χ1n) is 9.85. The lowest BCUT2D eigenvalue weighted by molar-refractivity contribution is -0.138. The fourth-order valence-electron chi connectivity index (χ4n) is 4.13. The minimum absolute atomic E-state index is 0.251. The summed E-state index contributed by atoms with van der Waals surface area (Å²) in [7, 11) is 0. The van der Waals surface area contributed by atoms with E-state index in [2.05, 4.69) is 4.57 Å². The van der Waals surface area contributed by atoms with Crippen molar-refractivity contribution in [3.63, 3.8) is 0 Å². The van der Waals surface area contributed by atoms with Crippen molar-refractivity contribution >= 4 is 0 Å². The Kier molecular flexibility index (Phi) is 5.60. The molecule has 1 aliphatic rings. The lowest BCUT2D eigenvalue weighted by Crippen LogP contribution is -2.29. The van der Waals surface area contributed by atoms with Crippen LogP contribution in [0.2, 0.25) is 0 Å². The summed E-state index contributed by atoms with van der Waals surface area (Å²) in [6, 6.07) is 13.6. The molecule has 1 atom stereocenters. The summed E-state index contributed by atoms with van der Waals surface area (Å²) in [5.74, 6) is 0. The molecule has 0 bridgehead atoms. The van der Waals surface area contributed by atoms with E-state index < -0.39 is 23.5 Å². The number of hydrogen-bond donors (Lipinski definition) is 0. The van der Waals surface area contributed by atoms with Gasteiger partial charge >= 0.3 is 12.4 Å². The lowest BCUT2D eigenvalue weighted by Gasteiger charge is -2.31. The Balaban J connectivity index is 1.71. The van der Waals surface area contributed by atoms with Crippen LogP contribution in [0, 0.1) is 0 Å². The van der Waals surface area contributed by atoms with Gasteiger partial charge in [-0.05, 0) is 47.9 Å². The number of rotatable bonds is 3. The van der Waals surface area contributed by atoms with E-state index in [9.17, 15) is 26.3 Å². The maximum Gasteiger partial charge on any atom is 0.416 e. The molecule has 0 saturated heterocycles. The number of hydrogen-bond acceptors (Lipinski definition) is 1. The second-order valence-electron chi connectivity index (χ2n) is 7.67. The number of fused-ring (bicyclic) bond motifs is 1. The number of halogens is 6. The van der Waals surface area contributed by atoms with Gasteiger partial charge in [-0.1, -0.05) is 30.3 Å². The molecular weight excluding hydrogens is 418 g/mol. The molecule has 0 radical (unpaired) electrons. The zero-order valence-corrected chi connectivity index (χ0v) is 16.4. The van der Waals surface area contributed by atoms with Gasteiger partial charge in [0.1, 0.15) is 0 Å². The summed E-state index contributed by atoms with van der Waals surface area (Å²) in [5.41, 5.74) is 0.636. The summed E-state index contributed by atoms with van der Waals surface area (Å²) in [4.78, 5) is 2.02. The molecule has 0 unspecified atom stereocenters. The highest BCUT2D eigenvalue weighted by atomic mass is 19.4. The van der Waals surface area contributed by atoms with Gasteiger partial charge in [-0.25, -0.2) is 0 Å². The van der Waals surface area contributed by atoms with Gasteiger partial charge in [-0.3, -0.25) is 4.90 Å². The van der Waals surface area contributed by atoms with E-state index >= 15 is 0 Å². The highest BCUT2D eigenvalue weighted by Crippen LogP contribution is 2.36. The smallest absolute Gasteiger partial charge is 0.350 e. The number of aryl methyl sites for hydroxylation is 1. The van der Waals surface area contributed by atoms with Crippen molar-refractivity contribution in [2.24, 2.45) is 0 Å². The quantitative estimate of drug-likeness (QED) is 0.423. The predicted molar refractivity (Wildman–Crippen MR) is 104 cm³/mol. The number of benzene rings is 2. The standard InChI is InChI=1S/C23H20F6N2/c24-22(25,26)18-9-7-17(8-10-18)21-20-6-2-11-30(20)12-3-13-31(21)15-16-4-1-5-19(14-16)23(27,28)29/h1-2,4-11,14,21H,3,12-13,15H2/t21-/m0/s1. The molecule has 1 aromatic heterocycles. The molecule has 2 nitrogen and oxygen atoms in total. The van der Waals surface area contributed by atoms with E-state index in [0.717, 1.165) is 42.9 Å². The number of aromatic nitrogens is 1. The maximum absolute atomic E-state index is 13.1. The Labute approximate surface area is 175 Å². The van der Waals surface area contributed by atoms with Crippen LogP contribution < -0.4 is 0 Å². The molecular formula is C23H20F6N2. The van der Waals surface area contributed by atoms with E-state index in [1.807, 2.05) is 23.2 Å². The third-order valence-corrected chi connectivity index (χ3v) is 5.55. The topological polar surface area (TPSA) is 8.17 Å². The van der Waals surface area contributed by atoms with Crippen LogP contribution in [0.1, 0.15) is 40.4 Å². The first-order valence-corrected chi connectivity index (χ1v) is 9.85. The Morgan fingerprint density at radius 2 is 1.48 bits per heavy atom. The van der Waals surface area contributed by atoms with Gasteiger partial charge in [0.15, 0.2) is 0 Å². The van der Waals surface area contributed by atoms with Gasteiger partial charge in [-0.15, -0.1) is 0 Å². The van der Waals surface area contributed by atoms with Gasteiger partial charge in [-0.2, -0.15) is 26.3 Å². The van der Waals surface area contributed by atoms with Gasteiger partial charge < -0.3 is 4.57 Å². The second-order valence-corrected chi connectivity index (χ2v) is 7.67. The first kappa shape index (κ1) is 21.5. The summed E-state index contributed by atoms with van der Waals surface area (Å²) in [6.45, 7) is 1.59. The highest BCUT2D eigenvalue weighted by molar-refractivity contribution is 5.34. The molecule has 0 fully saturated rings. The second kappa shape index (κ2) is 8.07. The average Bonchev–Trinajstić information content (AvgIpc) is 3.09. The third kappa shape index (κ3) is 4.63. The van der Waals surface area contributed by atoms with Crippen LogP contribution in [0.3, 0.4) is 0 Å². The summed E-state index contributed by atoms with van der Waals surface area (Å²) < 4.78 is 80.5. The fourth-order valence-corrected chi connectivity index (χ4v) is 4.13. The molecule has 164 valence electrons. The van der Waals surface area contributed by atoms with E-state index in [0.29, 0.717) is 17.7 Å². The first-order chi connectivity index (χ1) is 14.6. The molecule has 2 aromatic carbocycles. The van der Waals surface area contributed by atoms with E-state index in [-0.39, 0.29) is 12.6 Å². The number of alkyl halides is 6. The Morgan fingerprint density at radius 1 is 0.774 bits per heavy atom. The van der Waals surface area contributed by atoms with Gasteiger partial charge in [0, 0.05) is 31.5 Å². The molecule has 2 heterocycles. The number of nitrogens with zero attached hydrogens (tertiary/aromatic N) is 2. The Bertz CT molecular complexity index is 1030. The van der Waals surface area contributed by atoms with Crippen LogP contribution >= 0.6 is 0 Å². The minimum Gasteiger partial charge on any atom is -0.350 e. The van der Waals surface area contributed by atoms with Crippen LogP contribution in [-0.4, -0.2) is 16.0 Å². The zero-order valence-electron chi connectivity index (χ0n) is 16.4. The zero-order chi connectivity index (χ0) is 22.2. The summed E-state index contributed by atoms with van der Waals surface area (Å²) in [6.07, 6.45) is -6.17. The molecule has 0 aliphatic carbocycles. The predicted octanol–water partition coefficient (Wildman–Crippen LogP) is 6.52. The maximum atomic E-state index is 13.1. The van der Waals surface area contributed by atoms with Crippen LogP contribution in [0.4, 0.5) is 26.3 Å². The van der Waals surface area contributed by atoms with Crippen molar-refractivity contribution in [2.45, 2.75) is 37.9 Å². The van der Waals surface area contributed by atoms with E-state index in [1.54, 1.807) is 6.07 Å². The van der Waals surface area contributed by atoms with Crippen molar-refractivity contribution < 1.29 is 26.3 Å². The normalized spacial score (nSPS) is 17.9. The molecule has 0 spiro atoms. The van der Waals surface area contributed by atoms with Gasteiger partial charge in [0.25, 0.3) is 0 Å². The monoisotopic (exact) mass is 438 g/mol.